The molecular weight excluding hydrogens is 270 g/mol. The average Bonchev–Trinajstić information content (AvgIpc) is 2.79. The van der Waals surface area contributed by atoms with Crippen molar-refractivity contribution >= 4 is 27.0 Å². The van der Waals surface area contributed by atoms with Gasteiger partial charge in [0.1, 0.15) is 5.37 Å². The molecular formula is C13H16ClNO2S. The molecule has 2 rings (SSSR count). The van der Waals surface area contributed by atoms with Gasteiger partial charge in [-0.2, -0.15) is 0 Å². The number of nitrogens with one attached hydrogen (secondary N) is 1. The van der Waals surface area contributed by atoms with E-state index in [1.807, 2.05) is 24.3 Å². The number of halogens is 1. The molecule has 5 heteroatoms. The first kappa shape index (κ1) is 13.4. The van der Waals surface area contributed by atoms with Gasteiger partial charge in [0, 0.05) is 17.6 Å². The first-order chi connectivity index (χ1) is 8.41. The van der Waals surface area contributed by atoms with E-state index >= 15 is 0 Å². The van der Waals surface area contributed by atoms with Gasteiger partial charge in [-0.05, 0) is 37.1 Å². The first-order valence-electron chi connectivity index (χ1n) is 5.85. The molecule has 1 heterocycles. The van der Waals surface area contributed by atoms with Gasteiger partial charge in [-0.1, -0.05) is 23.7 Å². The molecule has 0 radical (unpaired) electrons. The zero-order chi connectivity index (χ0) is 13.3. The minimum absolute atomic E-state index is 0.368. The predicted molar refractivity (Wildman–Crippen MR) is 75.0 cm³/mol. The lowest BCUT2D eigenvalue weighted by Crippen LogP contribution is -2.34. The Morgan fingerprint density at radius 1 is 1.28 bits per heavy atom. The van der Waals surface area contributed by atoms with Gasteiger partial charge in [0.05, 0.1) is 5.25 Å². The minimum Gasteiger partial charge on any atom is -0.375 e. The number of sulfone groups is 1. The van der Waals surface area contributed by atoms with Gasteiger partial charge in [0.2, 0.25) is 0 Å². The van der Waals surface area contributed by atoms with Crippen LogP contribution in [0.4, 0.5) is 0 Å². The van der Waals surface area contributed by atoms with Crippen LogP contribution in [0.15, 0.2) is 30.5 Å². The van der Waals surface area contributed by atoms with Gasteiger partial charge in [-0.15, -0.1) is 0 Å². The summed E-state index contributed by atoms with van der Waals surface area (Å²) in [5.74, 6) is 0. The Hall–Kier alpha value is -1.00. The van der Waals surface area contributed by atoms with Crippen molar-refractivity contribution in [1.82, 2.24) is 5.32 Å². The Morgan fingerprint density at radius 3 is 2.44 bits per heavy atom. The monoisotopic (exact) mass is 285 g/mol. The van der Waals surface area contributed by atoms with Crippen molar-refractivity contribution in [1.29, 1.82) is 0 Å². The second kappa shape index (κ2) is 4.94. The van der Waals surface area contributed by atoms with Crippen molar-refractivity contribution in [3.8, 4) is 0 Å². The lowest BCUT2D eigenvalue weighted by molar-refractivity contribution is 0.566. The molecule has 0 saturated carbocycles. The topological polar surface area (TPSA) is 46.2 Å². The summed E-state index contributed by atoms with van der Waals surface area (Å²) in [6, 6.07) is 7.42. The van der Waals surface area contributed by atoms with E-state index in [1.165, 1.54) is 0 Å². The van der Waals surface area contributed by atoms with Gasteiger partial charge < -0.3 is 5.32 Å². The number of benzene rings is 1. The maximum atomic E-state index is 12.0. The van der Waals surface area contributed by atoms with E-state index in [2.05, 4.69) is 5.32 Å². The molecule has 18 heavy (non-hydrogen) atoms. The number of hydrogen-bond acceptors (Lipinski definition) is 3. The molecule has 0 fully saturated rings. The zero-order valence-corrected chi connectivity index (χ0v) is 11.9. The van der Waals surface area contributed by atoms with Crippen molar-refractivity contribution in [2.75, 3.05) is 0 Å². The highest BCUT2D eigenvalue weighted by atomic mass is 35.5. The molecule has 1 aromatic carbocycles. The van der Waals surface area contributed by atoms with Crippen LogP contribution in [0.1, 0.15) is 25.8 Å². The fraction of sp³-hybridized carbons (Fsp3) is 0.385. The molecule has 0 spiro atoms. The molecule has 1 aromatic rings. The van der Waals surface area contributed by atoms with E-state index < -0.39 is 15.2 Å². The van der Waals surface area contributed by atoms with Crippen LogP contribution in [0.5, 0.6) is 0 Å². The SMILES string of the molecule is CC(C)S(=O)(=O)C1CC(c2ccc(Cl)cc2)=CN1. The van der Waals surface area contributed by atoms with Gasteiger partial charge in [-0.3, -0.25) is 0 Å². The smallest absolute Gasteiger partial charge is 0.173 e. The fourth-order valence-electron chi connectivity index (χ4n) is 1.92. The second-order valence-electron chi connectivity index (χ2n) is 4.67. The van der Waals surface area contributed by atoms with Gasteiger partial charge >= 0.3 is 0 Å². The van der Waals surface area contributed by atoms with Crippen LogP contribution in [0.2, 0.25) is 5.02 Å². The molecule has 1 aliphatic rings. The van der Waals surface area contributed by atoms with Crippen LogP contribution in [0.25, 0.3) is 5.57 Å². The third-order valence-electron chi connectivity index (χ3n) is 3.12. The van der Waals surface area contributed by atoms with Crippen LogP contribution >= 0.6 is 11.6 Å². The summed E-state index contributed by atoms with van der Waals surface area (Å²) in [4.78, 5) is 0. The first-order valence-corrected chi connectivity index (χ1v) is 7.84. The Bertz CT molecular complexity index is 561. The van der Waals surface area contributed by atoms with E-state index in [0.717, 1.165) is 11.1 Å². The van der Waals surface area contributed by atoms with E-state index in [0.29, 0.717) is 11.4 Å². The number of hydrogen-bond donors (Lipinski definition) is 1. The van der Waals surface area contributed by atoms with Crippen LogP contribution in [0.3, 0.4) is 0 Å². The predicted octanol–water partition coefficient (Wildman–Crippen LogP) is 2.82. The molecule has 0 aromatic heterocycles. The highest BCUT2D eigenvalue weighted by Gasteiger charge is 2.31. The second-order valence-corrected chi connectivity index (χ2v) is 7.80. The molecule has 1 unspecified atom stereocenters. The summed E-state index contributed by atoms with van der Waals surface area (Å²) in [6.07, 6.45) is 2.29. The molecule has 3 nitrogen and oxygen atoms in total. The minimum atomic E-state index is -3.11. The van der Waals surface area contributed by atoms with E-state index in [9.17, 15) is 8.42 Å². The van der Waals surface area contributed by atoms with Gasteiger partial charge in [-0.25, -0.2) is 8.42 Å². The Morgan fingerprint density at radius 2 is 1.89 bits per heavy atom. The highest BCUT2D eigenvalue weighted by Crippen LogP contribution is 2.28. The Kier molecular flexibility index (Phi) is 3.69. The maximum Gasteiger partial charge on any atom is 0.173 e. The summed E-state index contributed by atoms with van der Waals surface area (Å²) in [7, 11) is -3.11. The van der Waals surface area contributed by atoms with Crippen molar-refractivity contribution in [3.63, 3.8) is 0 Å². The van der Waals surface area contributed by atoms with Crippen LogP contribution in [0, 0.1) is 0 Å². The third-order valence-corrected chi connectivity index (χ3v) is 5.78. The Labute approximate surface area is 113 Å². The molecule has 0 saturated heterocycles. The molecule has 1 atom stereocenters. The summed E-state index contributed by atoms with van der Waals surface area (Å²) in [5, 5.41) is 2.76. The van der Waals surface area contributed by atoms with Crippen molar-refractivity contribution in [2.24, 2.45) is 0 Å². The van der Waals surface area contributed by atoms with E-state index in [4.69, 9.17) is 11.6 Å². The highest BCUT2D eigenvalue weighted by molar-refractivity contribution is 7.92. The molecule has 1 aliphatic heterocycles. The van der Waals surface area contributed by atoms with Crippen molar-refractivity contribution in [3.05, 3.63) is 41.1 Å². The van der Waals surface area contributed by atoms with E-state index in [-0.39, 0.29) is 5.25 Å². The summed E-state index contributed by atoms with van der Waals surface area (Å²) >= 11 is 5.83. The summed E-state index contributed by atoms with van der Waals surface area (Å²) in [5.41, 5.74) is 2.01. The van der Waals surface area contributed by atoms with E-state index in [1.54, 1.807) is 20.0 Å². The average molecular weight is 286 g/mol. The quantitative estimate of drug-likeness (QED) is 0.929. The number of rotatable bonds is 3. The Balaban J connectivity index is 2.16. The van der Waals surface area contributed by atoms with Crippen LogP contribution < -0.4 is 5.32 Å². The van der Waals surface area contributed by atoms with Crippen molar-refractivity contribution in [2.45, 2.75) is 30.9 Å². The lowest BCUT2D eigenvalue weighted by atomic mass is 10.1. The fourth-order valence-corrected chi connectivity index (χ4v) is 3.37. The molecule has 0 amide bonds. The third kappa shape index (κ3) is 2.54. The van der Waals surface area contributed by atoms with Crippen LogP contribution in [-0.2, 0) is 9.84 Å². The molecule has 0 aliphatic carbocycles. The largest absolute Gasteiger partial charge is 0.375 e. The summed E-state index contributed by atoms with van der Waals surface area (Å²) in [6.45, 7) is 3.41. The van der Waals surface area contributed by atoms with Gasteiger partial charge in [0.15, 0.2) is 9.84 Å². The van der Waals surface area contributed by atoms with Crippen LogP contribution in [-0.4, -0.2) is 19.0 Å². The van der Waals surface area contributed by atoms with Gasteiger partial charge in [0.25, 0.3) is 0 Å². The normalized spacial score (nSPS) is 19.8. The zero-order valence-electron chi connectivity index (χ0n) is 10.4. The standard InChI is InChI=1S/C13H16ClNO2S/c1-9(2)18(16,17)13-7-11(8-15-13)10-3-5-12(14)6-4-10/h3-6,8-9,13,15H,7H2,1-2H3. The van der Waals surface area contributed by atoms with Crippen molar-refractivity contribution < 1.29 is 8.42 Å². The lowest BCUT2D eigenvalue weighted by Gasteiger charge is -2.15. The maximum absolute atomic E-state index is 12.0. The molecule has 0 bridgehead atoms. The molecule has 98 valence electrons. The molecule has 1 N–H and O–H groups in total. The summed E-state index contributed by atoms with van der Waals surface area (Å²) < 4.78 is 24.1.